The van der Waals surface area contributed by atoms with Crippen LogP contribution in [0, 0.1) is 6.92 Å². The van der Waals surface area contributed by atoms with Crippen molar-refractivity contribution in [2.45, 2.75) is 59.3 Å². The summed E-state index contributed by atoms with van der Waals surface area (Å²) < 4.78 is 5.37. The van der Waals surface area contributed by atoms with E-state index in [0.29, 0.717) is 0 Å². The molecule has 0 saturated heterocycles. The Balaban J connectivity index is 0.000000156. The summed E-state index contributed by atoms with van der Waals surface area (Å²) in [7, 11) is 1.71. The minimum absolute atomic E-state index is 0.00192. The van der Waals surface area contributed by atoms with Crippen molar-refractivity contribution in [1.29, 1.82) is 0 Å². The topological polar surface area (TPSA) is 34.0 Å². The molecule has 0 N–H and O–H groups in total. The van der Waals surface area contributed by atoms with Crippen molar-refractivity contribution in [2.24, 2.45) is 9.98 Å². The zero-order chi connectivity index (χ0) is 20.0. The molecule has 0 atom stereocenters. The van der Waals surface area contributed by atoms with E-state index in [1.165, 1.54) is 22.4 Å². The molecule has 0 spiro atoms. The van der Waals surface area contributed by atoms with Gasteiger partial charge in [0.25, 0.3) is 0 Å². The SMILES string of the molecule is CC1=Nc2cc(C)ccc2C1(C)C.COc1cccc2c1C(C)(C)C(C)=N2. The lowest BCUT2D eigenvalue weighted by Gasteiger charge is -2.22. The standard InChI is InChI=1S/C12H15NO.C12H15N/c1-8-12(2,3)11-9(13-8)6-5-7-10(11)14-4;1-8-5-6-10-11(7-8)13-9(2)12(10,3)4/h5-7H,1-4H3;5-7H,1-4H3. The molecule has 0 aliphatic carbocycles. The van der Waals surface area contributed by atoms with Crippen LogP contribution < -0.4 is 4.74 Å². The summed E-state index contributed by atoms with van der Waals surface area (Å²) in [6.45, 7) is 15.1. The second-order valence-corrected chi connectivity index (χ2v) is 8.52. The molecule has 2 aromatic carbocycles. The number of aryl methyl sites for hydroxylation is 1. The summed E-state index contributed by atoms with van der Waals surface area (Å²) in [5, 5.41) is 0. The summed E-state index contributed by atoms with van der Waals surface area (Å²) in [6.07, 6.45) is 0. The first-order valence-electron chi connectivity index (χ1n) is 9.49. The van der Waals surface area contributed by atoms with Crippen molar-refractivity contribution >= 4 is 22.8 Å². The molecule has 3 nitrogen and oxygen atoms in total. The van der Waals surface area contributed by atoms with Crippen molar-refractivity contribution in [3.8, 4) is 5.75 Å². The first-order valence-corrected chi connectivity index (χ1v) is 9.49. The Morgan fingerprint density at radius 2 is 1.41 bits per heavy atom. The molecule has 0 unspecified atom stereocenters. The average Bonchev–Trinajstić information content (AvgIpc) is 2.97. The predicted octanol–water partition coefficient (Wildman–Crippen LogP) is 6.46. The summed E-state index contributed by atoms with van der Waals surface area (Å²) in [5.74, 6) is 0.938. The number of methoxy groups -OCH3 is 1. The van der Waals surface area contributed by atoms with Crippen LogP contribution in [-0.4, -0.2) is 18.5 Å². The van der Waals surface area contributed by atoms with E-state index in [4.69, 9.17) is 4.74 Å². The second kappa shape index (κ2) is 6.63. The number of nitrogens with zero attached hydrogens (tertiary/aromatic N) is 2. The fraction of sp³-hybridized carbons (Fsp3) is 0.417. The van der Waals surface area contributed by atoms with Crippen LogP contribution in [0.1, 0.15) is 58.2 Å². The van der Waals surface area contributed by atoms with Crippen LogP contribution in [0.25, 0.3) is 0 Å². The highest BCUT2D eigenvalue weighted by atomic mass is 16.5. The molecule has 27 heavy (non-hydrogen) atoms. The summed E-state index contributed by atoms with van der Waals surface area (Å²) in [6, 6.07) is 12.5. The van der Waals surface area contributed by atoms with Gasteiger partial charge in [-0.1, -0.05) is 45.9 Å². The van der Waals surface area contributed by atoms with Gasteiger partial charge in [0.05, 0.1) is 18.5 Å². The number of aliphatic imine (C=N–C) groups is 2. The fourth-order valence-electron chi connectivity index (χ4n) is 3.69. The minimum atomic E-state index is 0.00192. The van der Waals surface area contributed by atoms with Gasteiger partial charge in [-0.3, -0.25) is 9.98 Å². The third-order valence-electron chi connectivity index (χ3n) is 6.06. The van der Waals surface area contributed by atoms with Gasteiger partial charge >= 0.3 is 0 Å². The highest BCUT2D eigenvalue weighted by molar-refractivity contribution is 6.00. The molecule has 4 rings (SSSR count). The van der Waals surface area contributed by atoms with Gasteiger partial charge in [0.2, 0.25) is 0 Å². The van der Waals surface area contributed by atoms with Crippen LogP contribution in [0.5, 0.6) is 5.75 Å². The van der Waals surface area contributed by atoms with Crippen LogP contribution in [-0.2, 0) is 10.8 Å². The maximum atomic E-state index is 5.37. The van der Waals surface area contributed by atoms with Gasteiger partial charge in [0.15, 0.2) is 0 Å². The van der Waals surface area contributed by atoms with E-state index in [-0.39, 0.29) is 10.8 Å². The summed E-state index contributed by atoms with van der Waals surface area (Å²) in [5.41, 5.74) is 8.55. The van der Waals surface area contributed by atoms with Crippen LogP contribution in [0.15, 0.2) is 46.4 Å². The number of hydrogen-bond acceptors (Lipinski definition) is 3. The smallest absolute Gasteiger partial charge is 0.125 e. The van der Waals surface area contributed by atoms with Crippen molar-refractivity contribution in [3.63, 3.8) is 0 Å². The average molecular weight is 363 g/mol. The Hall–Kier alpha value is -2.42. The Labute approximate surface area is 163 Å². The zero-order valence-corrected chi connectivity index (χ0v) is 17.8. The number of rotatable bonds is 1. The molecule has 0 bridgehead atoms. The molecule has 0 saturated carbocycles. The van der Waals surface area contributed by atoms with Crippen LogP contribution >= 0.6 is 0 Å². The van der Waals surface area contributed by atoms with E-state index in [1.54, 1.807) is 7.11 Å². The lowest BCUT2D eigenvalue weighted by Crippen LogP contribution is -2.23. The number of hydrogen-bond donors (Lipinski definition) is 0. The number of ether oxygens (including phenoxy) is 1. The zero-order valence-electron chi connectivity index (χ0n) is 17.8. The van der Waals surface area contributed by atoms with E-state index in [2.05, 4.69) is 76.7 Å². The van der Waals surface area contributed by atoms with Gasteiger partial charge < -0.3 is 4.74 Å². The molecule has 0 fully saturated rings. The molecule has 0 amide bonds. The molecule has 2 aromatic rings. The molecule has 2 aliphatic heterocycles. The van der Waals surface area contributed by atoms with Crippen LogP contribution in [0.3, 0.4) is 0 Å². The third kappa shape index (κ3) is 3.20. The minimum Gasteiger partial charge on any atom is -0.496 e. The van der Waals surface area contributed by atoms with Gasteiger partial charge in [-0.05, 0) is 50.1 Å². The molecule has 0 aromatic heterocycles. The van der Waals surface area contributed by atoms with Gasteiger partial charge in [0, 0.05) is 27.8 Å². The number of fused-ring (bicyclic) bond motifs is 2. The molecular formula is C24H30N2O. The molecule has 142 valence electrons. The second-order valence-electron chi connectivity index (χ2n) is 8.52. The van der Waals surface area contributed by atoms with Crippen LogP contribution in [0.4, 0.5) is 11.4 Å². The van der Waals surface area contributed by atoms with E-state index in [9.17, 15) is 0 Å². The quantitative estimate of drug-likeness (QED) is 0.573. The molecule has 2 aliphatic rings. The van der Waals surface area contributed by atoms with E-state index >= 15 is 0 Å². The Bertz CT molecular complexity index is 949. The fourth-order valence-corrected chi connectivity index (χ4v) is 3.69. The van der Waals surface area contributed by atoms with Gasteiger partial charge in [-0.15, -0.1) is 0 Å². The summed E-state index contributed by atoms with van der Waals surface area (Å²) >= 11 is 0. The van der Waals surface area contributed by atoms with E-state index in [0.717, 1.165) is 22.8 Å². The predicted molar refractivity (Wildman–Crippen MR) is 116 cm³/mol. The monoisotopic (exact) mass is 362 g/mol. The Morgan fingerprint density at radius 3 is 2.07 bits per heavy atom. The first-order chi connectivity index (χ1) is 12.6. The Kier molecular flexibility index (Phi) is 4.75. The summed E-state index contributed by atoms with van der Waals surface area (Å²) in [4.78, 5) is 9.13. The number of benzene rings is 2. The Morgan fingerprint density at radius 1 is 0.778 bits per heavy atom. The van der Waals surface area contributed by atoms with Crippen molar-refractivity contribution in [3.05, 3.63) is 53.1 Å². The maximum absolute atomic E-state index is 5.37. The lowest BCUT2D eigenvalue weighted by atomic mass is 9.82. The molecule has 3 heteroatoms. The third-order valence-corrected chi connectivity index (χ3v) is 6.06. The van der Waals surface area contributed by atoms with Crippen molar-refractivity contribution in [2.75, 3.05) is 7.11 Å². The highest BCUT2D eigenvalue weighted by Gasteiger charge is 2.35. The van der Waals surface area contributed by atoms with Crippen molar-refractivity contribution < 1.29 is 4.74 Å². The van der Waals surface area contributed by atoms with Gasteiger partial charge in [-0.25, -0.2) is 0 Å². The molecule has 0 radical (unpaired) electrons. The molecule has 2 heterocycles. The molecular weight excluding hydrogens is 332 g/mol. The largest absolute Gasteiger partial charge is 0.496 e. The van der Waals surface area contributed by atoms with Gasteiger partial charge in [0.1, 0.15) is 5.75 Å². The lowest BCUT2D eigenvalue weighted by molar-refractivity contribution is 0.405. The van der Waals surface area contributed by atoms with E-state index in [1.807, 2.05) is 18.2 Å². The van der Waals surface area contributed by atoms with Crippen molar-refractivity contribution in [1.82, 2.24) is 0 Å². The first kappa shape index (κ1) is 19.3. The van der Waals surface area contributed by atoms with Gasteiger partial charge in [-0.2, -0.15) is 0 Å². The van der Waals surface area contributed by atoms with Crippen LogP contribution in [0.2, 0.25) is 0 Å². The maximum Gasteiger partial charge on any atom is 0.125 e. The van der Waals surface area contributed by atoms with E-state index < -0.39 is 0 Å². The highest BCUT2D eigenvalue weighted by Crippen LogP contribution is 2.45. The normalized spacial score (nSPS) is 17.9.